The third-order valence-electron chi connectivity index (χ3n) is 3.07. The van der Waals surface area contributed by atoms with Crippen molar-refractivity contribution in [3.05, 3.63) is 33.7 Å². The summed E-state index contributed by atoms with van der Waals surface area (Å²) in [5.41, 5.74) is 0.730. The first-order valence-corrected chi connectivity index (χ1v) is 7.30. The van der Waals surface area contributed by atoms with E-state index in [1.807, 2.05) is 18.5 Å². The maximum absolute atomic E-state index is 10.7. The number of fused-ring (bicyclic) bond motifs is 1. The number of anilines is 1. The average molecular weight is 320 g/mol. The van der Waals surface area contributed by atoms with Crippen molar-refractivity contribution in [2.75, 3.05) is 25.1 Å². The van der Waals surface area contributed by atoms with E-state index >= 15 is 0 Å². The van der Waals surface area contributed by atoms with Crippen LogP contribution in [0.25, 0.3) is 21.8 Å². The van der Waals surface area contributed by atoms with E-state index in [0.29, 0.717) is 12.4 Å². The Kier molecular flexibility index (Phi) is 3.73. The molecule has 0 spiro atoms. The molecule has 0 radical (unpaired) electrons. The van der Waals surface area contributed by atoms with Crippen LogP contribution in [-0.2, 0) is 0 Å². The van der Waals surface area contributed by atoms with Crippen LogP contribution in [0, 0.1) is 10.1 Å². The second-order valence-corrected chi connectivity index (χ2v) is 5.46. The Morgan fingerprint density at radius 1 is 1.41 bits per heavy atom. The summed E-state index contributed by atoms with van der Waals surface area (Å²) in [5.74, 6) is 0.814. The van der Waals surface area contributed by atoms with Crippen molar-refractivity contribution >= 4 is 33.3 Å². The molecule has 0 saturated carbocycles. The molecule has 3 heterocycles. The van der Waals surface area contributed by atoms with E-state index in [0.717, 1.165) is 10.2 Å². The lowest BCUT2D eigenvalue weighted by molar-refractivity contribution is -0.401. The molecule has 3 aromatic heterocycles. The number of aliphatic hydroxyl groups is 1. The molecular weight excluding hydrogens is 308 g/mol. The van der Waals surface area contributed by atoms with Gasteiger partial charge < -0.3 is 14.4 Å². The minimum absolute atomic E-state index is 0.00503. The maximum atomic E-state index is 10.7. The first kappa shape index (κ1) is 14.4. The smallest absolute Gasteiger partial charge is 0.397 e. The Morgan fingerprint density at radius 2 is 2.23 bits per heavy atom. The van der Waals surface area contributed by atoms with Crippen LogP contribution in [-0.4, -0.2) is 40.2 Å². The van der Waals surface area contributed by atoms with E-state index in [9.17, 15) is 10.1 Å². The van der Waals surface area contributed by atoms with Gasteiger partial charge in [-0.1, -0.05) is 0 Å². The van der Waals surface area contributed by atoms with E-state index in [1.165, 1.54) is 23.5 Å². The third-order valence-corrected chi connectivity index (χ3v) is 3.97. The first-order chi connectivity index (χ1) is 10.6. The molecular formula is C13H12N4O4S. The van der Waals surface area contributed by atoms with E-state index < -0.39 is 4.92 Å². The Morgan fingerprint density at radius 3 is 2.91 bits per heavy atom. The van der Waals surface area contributed by atoms with Crippen LogP contribution in [0.15, 0.2) is 28.0 Å². The second-order valence-electron chi connectivity index (χ2n) is 4.55. The average Bonchev–Trinajstić information content (AvgIpc) is 3.15. The van der Waals surface area contributed by atoms with Crippen molar-refractivity contribution in [2.24, 2.45) is 0 Å². The normalized spacial score (nSPS) is 11.0. The number of furan rings is 1. The predicted molar refractivity (Wildman–Crippen MR) is 82.1 cm³/mol. The maximum Gasteiger partial charge on any atom is 0.433 e. The Balaban J connectivity index is 2.11. The summed E-state index contributed by atoms with van der Waals surface area (Å²) in [6.07, 6.45) is 0. The number of aromatic nitrogens is 2. The van der Waals surface area contributed by atoms with Gasteiger partial charge in [0.25, 0.3) is 0 Å². The molecule has 9 heteroatoms. The van der Waals surface area contributed by atoms with Gasteiger partial charge in [0, 0.05) is 13.6 Å². The highest BCUT2D eigenvalue weighted by Gasteiger charge is 2.18. The second kappa shape index (κ2) is 5.70. The molecule has 8 nitrogen and oxygen atoms in total. The zero-order valence-corrected chi connectivity index (χ0v) is 12.4. The van der Waals surface area contributed by atoms with Crippen LogP contribution in [0.4, 0.5) is 11.7 Å². The van der Waals surface area contributed by atoms with Crippen molar-refractivity contribution in [1.29, 1.82) is 0 Å². The summed E-state index contributed by atoms with van der Waals surface area (Å²) < 4.78 is 6.05. The highest BCUT2D eigenvalue weighted by Crippen LogP contribution is 2.32. The van der Waals surface area contributed by atoms with Crippen LogP contribution < -0.4 is 4.90 Å². The summed E-state index contributed by atoms with van der Waals surface area (Å²) in [4.78, 5) is 20.7. The van der Waals surface area contributed by atoms with Gasteiger partial charge in [0.15, 0.2) is 17.4 Å². The molecule has 0 aliphatic carbocycles. The van der Waals surface area contributed by atoms with Gasteiger partial charge in [-0.25, -0.2) is 9.97 Å². The molecule has 3 rings (SSSR count). The number of likely N-dealkylation sites (N-methyl/N-ethyl adjacent to an activating group) is 1. The SMILES string of the molecule is CN(CCO)c1nc(-c2ccc([N+](=O)[O-])o2)nc2ccsc12. The largest absolute Gasteiger partial charge is 0.433 e. The zero-order valence-electron chi connectivity index (χ0n) is 11.6. The lowest BCUT2D eigenvalue weighted by atomic mass is 10.3. The molecule has 0 aliphatic rings. The van der Waals surface area contributed by atoms with Crippen molar-refractivity contribution in [1.82, 2.24) is 9.97 Å². The van der Waals surface area contributed by atoms with Gasteiger partial charge in [-0.05, 0) is 17.5 Å². The van der Waals surface area contributed by atoms with Gasteiger partial charge in [0.05, 0.1) is 22.9 Å². The van der Waals surface area contributed by atoms with E-state index in [2.05, 4.69) is 9.97 Å². The van der Waals surface area contributed by atoms with Gasteiger partial charge >= 0.3 is 5.88 Å². The van der Waals surface area contributed by atoms with Crippen LogP contribution >= 0.6 is 11.3 Å². The third kappa shape index (κ3) is 2.51. The molecule has 0 aliphatic heterocycles. The summed E-state index contributed by atoms with van der Waals surface area (Å²) in [6.45, 7) is 0.413. The minimum atomic E-state index is -0.606. The molecule has 0 amide bonds. The Bertz CT molecular complexity index is 828. The molecule has 0 fully saturated rings. The number of rotatable bonds is 5. The molecule has 0 saturated heterocycles. The van der Waals surface area contributed by atoms with E-state index in [4.69, 9.17) is 9.52 Å². The van der Waals surface area contributed by atoms with Crippen LogP contribution in [0.2, 0.25) is 0 Å². The van der Waals surface area contributed by atoms with Crippen molar-refractivity contribution in [3.63, 3.8) is 0 Å². The van der Waals surface area contributed by atoms with Crippen LogP contribution in [0.3, 0.4) is 0 Å². The zero-order chi connectivity index (χ0) is 15.7. The molecule has 0 atom stereocenters. The van der Waals surface area contributed by atoms with E-state index in [1.54, 1.807) is 4.90 Å². The predicted octanol–water partition coefficient (Wildman–Crippen LogP) is 2.29. The van der Waals surface area contributed by atoms with E-state index in [-0.39, 0.29) is 24.1 Å². The number of thiophene rings is 1. The first-order valence-electron chi connectivity index (χ1n) is 6.42. The fourth-order valence-electron chi connectivity index (χ4n) is 2.02. The Hall–Kier alpha value is -2.52. The fraction of sp³-hybridized carbons (Fsp3) is 0.231. The molecule has 3 aromatic rings. The van der Waals surface area contributed by atoms with Crippen LogP contribution in [0.1, 0.15) is 0 Å². The molecule has 0 bridgehead atoms. The minimum Gasteiger partial charge on any atom is -0.397 e. The summed E-state index contributed by atoms with van der Waals surface area (Å²) in [7, 11) is 1.81. The molecule has 0 unspecified atom stereocenters. The lowest BCUT2D eigenvalue weighted by Gasteiger charge is -2.17. The standard InChI is InChI=1S/C13H12N4O4S/c1-16(5-6-18)13-11-8(4-7-22-11)14-12(15-13)9-2-3-10(21-9)17(19)20/h2-4,7,18H,5-6H2,1H3. The topological polar surface area (TPSA) is 106 Å². The highest BCUT2D eigenvalue weighted by molar-refractivity contribution is 7.17. The molecule has 1 N–H and O–H groups in total. The molecule has 114 valence electrons. The van der Waals surface area contributed by atoms with Crippen molar-refractivity contribution < 1.29 is 14.4 Å². The Labute approximate surface area is 128 Å². The summed E-state index contributed by atoms with van der Waals surface area (Å²) >= 11 is 1.49. The fourth-order valence-corrected chi connectivity index (χ4v) is 2.89. The number of hydrogen-bond donors (Lipinski definition) is 1. The van der Waals surface area contributed by atoms with Crippen molar-refractivity contribution in [3.8, 4) is 11.6 Å². The van der Waals surface area contributed by atoms with Crippen molar-refractivity contribution in [2.45, 2.75) is 0 Å². The molecule has 0 aromatic carbocycles. The number of nitrogens with zero attached hydrogens (tertiary/aromatic N) is 4. The van der Waals surface area contributed by atoms with Gasteiger partial charge in [0.1, 0.15) is 4.92 Å². The highest BCUT2D eigenvalue weighted by atomic mass is 32.1. The quantitative estimate of drug-likeness (QED) is 0.568. The molecule has 22 heavy (non-hydrogen) atoms. The van der Waals surface area contributed by atoms with Gasteiger partial charge in [-0.3, -0.25) is 10.1 Å². The van der Waals surface area contributed by atoms with Crippen LogP contribution in [0.5, 0.6) is 0 Å². The summed E-state index contributed by atoms with van der Waals surface area (Å²) in [5, 5.41) is 21.7. The van der Waals surface area contributed by atoms with Gasteiger partial charge in [-0.2, -0.15) is 0 Å². The number of nitro groups is 1. The number of hydrogen-bond acceptors (Lipinski definition) is 8. The lowest BCUT2D eigenvalue weighted by Crippen LogP contribution is -2.22. The monoisotopic (exact) mass is 320 g/mol. The number of aliphatic hydroxyl groups excluding tert-OH is 1. The van der Waals surface area contributed by atoms with Gasteiger partial charge in [0.2, 0.25) is 0 Å². The summed E-state index contributed by atoms with van der Waals surface area (Å²) in [6, 6.07) is 4.59. The van der Waals surface area contributed by atoms with Gasteiger partial charge in [-0.15, -0.1) is 11.3 Å².